The van der Waals surface area contributed by atoms with Crippen molar-refractivity contribution in [1.29, 1.82) is 0 Å². The van der Waals surface area contributed by atoms with Gasteiger partial charge in [-0.1, -0.05) is 229 Å². The van der Waals surface area contributed by atoms with E-state index in [9.17, 15) is 45.3 Å². The lowest BCUT2D eigenvalue weighted by molar-refractivity contribution is -0.332. The largest absolute Gasteiger partial charge is 0.462 e. The fourth-order valence-electron chi connectivity index (χ4n) is 9.72. The van der Waals surface area contributed by atoms with Gasteiger partial charge in [0, 0.05) is 12.8 Å². The van der Waals surface area contributed by atoms with Crippen molar-refractivity contribution < 1.29 is 73.8 Å². The summed E-state index contributed by atoms with van der Waals surface area (Å²) in [5, 5.41) is 72.4. The number of hydrogen-bond acceptors (Lipinski definition) is 15. The van der Waals surface area contributed by atoms with E-state index < -0.39 is 99.3 Å². The number of carbonyl (C=O) groups excluding carboxylic acids is 2. The van der Waals surface area contributed by atoms with Crippen LogP contribution in [0.25, 0.3) is 0 Å². The van der Waals surface area contributed by atoms with E-state index in [0.717, 1.165) is 70.6 Å². The van der Waals surface area contributed by atoms with Crippen molar-refractivity contribution >= 4 is 11.9 Å². The van der Waals surface area contributed by atoms with Gasteiger partial charge in [0.2, 0.25) is 0 Å². The first-order valence-electron chi connectivity index (χ1n) is 31.4. The van der Waals surface area contributed by atoms with Gasteiger partial charge < -0.3 is 64.2 Å². The summed E-state index contributed by atoms with van der Waals surface area (Å²) in [6, 6.07) is 0. The van der Waals surface area contributed by atoms with Gasteiger partial charge >= 0.3 is 11.9 Å². The van der Waals surface area contributed by atoms with Crippen LogP contribution in [0, 0.1) is 0 Å². The number of unbranched alkanes of at least 4 members (excludes halogenated alkanes) is 26. The van der Waals surface area contributed by atoms with Crippen LogP contribution in [0.15, 0.2) is 60.8 Å². The Bertz CT molecular complexity index is 1600. The van der Waals surface area contributed by atoms with Crippen LogP contribution < -0.4 is 0 Å². The molecule has 0 radical (unpaired) electrons. The normalized spacial score (nSPS) is 24.3. The Morgan fingerprint density at radius 2 is 0.797 bits per heavy atom. The molecule has 7 N–H and O–H groups in total. The second kappa shape index (κ2) is 49.8. The minimum Gasteiger partial charge on any atom is -0.462 e. The molecule has 11 unspecified atom stereocenters. The first-order valence-corrected chi connectivity index (χ1v) is 31.4. The highest BCUT2D eigenvalue weighted by molar-refractivity contribution is 5.70. The molecule has 0 bridgehead atoms. The Morgan fingerprint density at radius 3 is 1.25 bits per heavy atom. The lowest BCUT2D eigenvalue weighted by atomic mass is 9.98. The van der Waals surface area contributed by atoms with Gasteiger partial charge in [0.1, 0.15) is 55.4 Å². The number of hydrogen-bond donors (Lipinski definition) is 7. The van der Waals surface area contributed by atoms with E-state index in [1.165, 1.54) is 128 Å². The number of carbonyl (C=O) groups is 2. The molecule has 2 aliphatic rings. The number of allylic oxidation sites excluding steroid dienone is 10. The molecule has 2 saturated heterocycles. The fourth-order valence-corrected chi connectivity index (χ4v) is 9.72. The maximum Gasteiger partial charge on any atom is 0.306 e. The summed E-state index contributed by atoms with van der Waals surface area (Å²) in [6.07, 6.45) is 43.9. The Labute approximate surface area is 477 Å². The summed E-state index contributed by atoms with van der Waals surface area (Å²) >= 11 is 0. The molecule has 15 heteroatoms. The van der Waals surface area contributed by atoms with Gasteiger partial charge in [-0.15, -0.1) is 0 Å². The van der Waals surface area contributed by atoms with Crippen LogP contribution in [-0.4, -0.2) is 142 Å². The highest BCUT2D eigenvalue weighted by Crippen LogP contribution is 2.27. The van der Waals surface area contributed by atoms with Gasteiger partial charge in [-0.2, -0.15) is 0 Å². The van der Waals surface area contributed by atoms with Gasteiger partial charge in [-0.3, -0.25) is 9.59 Å². The minimum absolute atomic E-state index is 0.125. The Kier molecular flexibility index (Phi) is 45.6. The molecule has 458 valence electrons. The number of rotatable bonds is 50. The molecule has 15 nitrogen and oxygen atoms in total. The Morgan fingerprint density at radius 1 is 0.418 bits per heavy atom. The number of aliphatic hydroxyl groups excluding tert-OH is 7. The topological polar surface area (TPSA) is 231 Å². The van der Waals surface area contributed by atoms with Crippen molar-refractivity contribution in [3.63, 3.8) is 0 Å². The van der Waals surface area contributed by atoms with Gasteiger partial charge in [0.05, 0.1) is 19.8 Å². The van der Waals surface area contributed by atoms with E-state index in [0.29, 0.717) is 12.8 Å². The second-order valence-corrected chi connectivity index (χ2v) is 21.9. The first kappa shape index (κ1) is 72.3. The molecule has 0 aliphatic carbocycles. The Hall–Kier alpha value is -2.80. The molecule has 0 amide bonds. The molecule has 0 aromatic carbocycles. The molecule has 2 heterocycles. The molecule has 0 spiro atoms. The number of ether oxygens (including phenoxy) is 6. The minimum atomic E-state index is -1.77. The van der Waals surface area contributed by atoms with Crippen molar-refractivity contribution in [2.45, 2.75) is 306 Å². The third-order valence-electron chi connectivity index (χ3n) is 14.8. The smallest absolute Gasteiger partial charge is 0.306 e. The SMILES string of the molecule is CC/C=C\C/C=C\C/C=C\C/C=C\C/C=C\CCCCCC(=O)OC(COC(=O)CCCCCCCCCCCCCCCCCCCCCCCCCC)COC1OC(COC2OC(CO)C(O)C(O)C2O)C(O)C(O)C1O. The van der Waals surface area contributed by atoms with Crippen molar-refractivity contribution in [3.05, 3.63) is 60.8 Å². The zero-order chi connectivity index (χ0) is 57.4. The van der Waals surface area contributed by atoms with E-state index in [4.69, 9.17) is 28.4 Å². The summed E-state index contributed by atoms with van der Waals surface area (Å²) in [5.41, 5.74) is 0. The van der Waals surface area contributed by atoms with E-state index in [2.05, 4.69) is 74.6 Å². The van der Waals surface area contributed by atoms with Crippen LogP contribution in [0.5, 0.6) is 0 Å². The molecule has 2 fully saturated rings. The maximum atomic E-state index is 13.1. The third-order valence-corrected chi connectivity index (χ3v) is 14.8. The molecular formula is C64H112O15. The predicted octanol–water partition coefficient (Wildman–Crippen LogP) is 11.6. The van der Waals surface area contributed by atoms with Crippen LogP contribution >= 0.6 is 0 Å². The van der Waals surface area contributed by atoms with Gasteiger partial charge in [-0.05, 0) is 57.8 Å². The molecule has 11 atom stereocenters. The monoisotopic (exact) mass is 1120 g/mol. The van der Waals surface area contributed by atoms with E-state index in [-0.39, 0.29) is 19.4 Å². The standard InChI is InChI=1S/C64H112O15/c1-3-5-7-9-11-13-15-17-19-21-23-24-25-26-27-29-30-32-34-36-38-40-42-44-46-55(66)74-49-52(77-56(67)47-45-43-41-39-37-35-33-31-28-22-20-18-16-14-12-10-8-6-4-2)50-75-63-62(73)60(71)58(69)54(79-63)51-76-64-61(72)59(70)57(68)53(48-65)78-64/h6,8,12,14,18,20,28,31,35,37,52-54,57-65,68-73H,3-5,7,9-11,13,15-17,19,21-27,29-30,32-34,36,38-51H2,1-2H3/b8-6-,14-12-,20-18-,31-28-,37-35-. The number of esters is 2. The number of aliphatic hydroxyl groups is 7. The quantitative estimate of drug-likeness (QED) is 0.0171. The van der Waals surface area contributed by atoms with Crippen molar-refractivity contribution in [2.75, 3.05) is 26.4 Å². The summed E-state index contributed by atoms with van der Waals surface area (Å²) in [5.74, 6) is -0.955. The predicted molar refractivity (Wildman–Crippen MR) is 312 cm³/mol. The Balaban J connectivity index is 1.72. The summed E-state index contributed by atoms with van der Waals surface area (Å²) in [6.45, 7) is 2.48. The first-order chi connectivity index (χ1) is 38.5. The van der Waals surface area contributed by atoms with Crippen LogP contribution in [0.3, 0.4) is 0 Å². The fraction of sp³-hybridized carbons (Fsp3) is 0.812. The van der Waals surface area contributed by atoms with Gasteiger partial charge in [-0.25, -0.2) is 0 Å². The molecule has 0 aromatic heterocycles. The lowest BCUT2D eigenvalue weighted by Crippen LogP contribution is -2.61. The van der Waals surface area contributed by atoms with E-state index in [1.54, 1.807) is 0 Å². The van der Waals surface area contributed by atoms with E-state index >= 15 is 0 Å². The van der Waals surface area contributed by atoms with Gasteiger partial charge in [0.25, 0.3) is 0 Å². The average molecular weight is 1120 g/mol. The molecule has 2 rings (SSSR count). The molecule has 2 aliphatic heterocycles. The molecule has 79 heavy (non-hydrogen) atoms. The average Bonchev–Trinajstić information content (AvgIpc) is 3.52. The van der Waals surface area contributed by atoms with Gasteiger partial charge in [0.15, 0.2) is 18.7 Å². The summed E-state index contributed by atoms with van der Waals surface area (Å²) < 4.78 is 33.7. The maximum absolute atomic E-state index is 13.1. The third kappa shape index (κ3) is 36.4. The van der Waals surface area contributed by atoms with E-state index in [1.807, 2.05) is 0 Å². The summed E-state index contributed by atoms with van der Waals surface area (Å²) in [4.78, 5) is 26.0. The zero-order valence-corrected chi connectivity index (χ0v) is 49.1. The van der Waals surface area contributed by atoms with Crippen LogP contribution in [-0.2, 0) is 38.0 Å². The van der Waals surface area contributed by atoms with Crippen LogP contribution in [0.2, 0.25) is 0 Å². The van der Waals surface area contributed by atoms with Crippen LogP contribution in [0.1, 0.15) is 239 Å². The second-order valence-electron chi connectivity index (χ2n) is 21.9. The highest BCUT2D eigenvalue weighted by Gasteiger charge is 2.47. The molecule has 0 aromatic rings. The van der Waals surface area contributed by atoms with Crippen molar-refractivity contribution in [1.82, 2.24) is 0 Å². The molecular weight excluding hydrogens is 1010 g/mol. The van der Waals surface area contributed by atoms with Crippen molar-refractivity contribution in [2.24, 2.45) is 0 Å². The van der Waals surface area contributed by atoms with Crippen molar-refractivity contribution in [3.8, 4) is 0 Å². The zero-order valence-electron chi connectivity index (χ0n) is 49.1. The van der Waals surface area contributed by atoms with Crippen LogP contribution in [0.4, 0.5) is 0 Å². The summed E-state index contributed by atoms with van der Waals surface area (Å²) in [7, 11) is 0. The lowest BCUT2D eigenvalue weighted by Gasteiger charge is -2.42. The molecule has 0 saturated carbocycles. The highest BCUT2D eigenvalue weighted by atomic mass is 16.7.